The number of H-pyrrole nitrogens is 1. The molecule has 4 N–H and O–H groups in total. The van der Waals surface area contributed by atoms with Gasteiger partial charge in [0, 0.05) is 24.5 Å². The van der Waals surface area contributed by atoms with Crippen LogP contribution in [0.1, 0.15) is 36.3 Å². The van der Waals surface area contributed by atoms with E-state index < -0.39 is 0 Å². The largest absolute Gasteiger partial charge is 0.347 e. The van der Waals surface area contributed by atoms with Crippen LogP contribution >= 0.6 is 0 Å². The van der Waals surface area contributed by atoms with Gasteiger partial charge in [-0.3, -0.25) is 4.79 Å². The lowest BCUT2D eigenvalue weighted by Gasteiger charge is -2.26. The Labute approximate surface area is 88.5 Å². The van der Waals surface area contributed by atoms with Crippen LogP contribution in [0.5, 0.6) is 0 Å². The summed E-state index contributed by atoms with van der Waals surface area (Å²) < 4.78 is 0. The number of carbonyl (C=O) groups excluding carboxylic acids is 1. The average Bonchev–Trinajstić information content (AvgIpc) is 2.74. The molecular weight excluding hydrogens is 192 g/mol. The van der Waals surface area contributed by atoms with E-state index >= 15 is 0 Å². The number of amides is 1. The van der Waals surface area contributed by atoms with E-state index in [0.717, 1.165) is 25.7 Å². The third-order valence-corrected chi connectivity index (χ3v) is 2.82. The molecule has 5 nitrogen and oxygen atoms in total. The lowest BCUT2D eigenvalue weighted by Crippen LogP contribution is -2.40. The van der Waals surface area contributed by atoms with Crippen LogP contribution < -0.4 is 11.1 Å². The van der Waals surface area contributed by atoms with Gasteiger partial charge in [0.05, 0.1) is 0 Å². The van der Waals surface area contributed by atoms with Gasteiger partial charge in [0.15, 0.2) is 5.82 Å². The minimum atomic E-state index is -0.125. The number of nitrogens with one attached hydrogen (secondary N) is 2. The van der Waals surface area contributed by atoms with E-state index in [2.05, 4.69) is 15.3 Å². The molecule has 0 atom stereocenters. The molecular formula is C10H16N4O. The van der Waals surface area contributed by atoms with Crippen LogP contribution in [-0.2, 0) is 0 Å². The Kier molecular flexibility index (Phi) is 3.01. The molecule has 0 bridgehead atoms. The third-order valence-electron chi connectivity index (χ3n) is 2.82. The molecule has 15 heavy (non-hydrogen) atoms. The number of nitrogens with two attached hydrogens (primary N) is 1. The fourth-order valence-electron chi connectivity index (χ4n) is 1.91. The molecule has 0 aliphatic heterocycles. The van der Waals surface area contributed by atoms with Crippen LogP contribution in [0.25, 0.3) is 0 Å². The highest BCUT2D eigenvalue weighted by Gasteiger charge is 2.21. The van der Waals surface area contributed by atoms with Crippen LogP contribution in [0.3, 0.4) is 0 Å². The number of hydrogen-bond acceptors (Lipinski definition) is 3. The lowest BCUT2D eigenvalue weighted by atomic mass is 9.92. The molecule has 1 fully saturated rings. The van der Waals surface area contributed by atoms with E-state index in [4.69, 9.17) is 5.73 Å². The first kappa shape index (κ1) is 10.2. The standard InChI is InChI=1S/C10H16N4O/c11-7-1-3-8(4-2-7)14-10(15)9-12-5-6-13-9/h5-8H,1-4,11H2,(H,12,13)(H,14,15)/t7-,8-. The molecule has 0 aromatic carbocycles. The third kappa shape index (κ3) is 2.56. The molecule has 0 saturated heterocycles. The van der Waals surface area contributed by atoms with Crippen molar-refractivity contribution in [1.29, 1.82) is 0 Å². The highest BCUT2D eigenvalue weighted by Crippen LogP contribution is 2.16. The molecule has 1 aromatic heterocycles. The molecule has 82 valence electrons. The SMILES string of the molecule is N[C@H]1CC[C@H](NC(=O)c2ncc[nH]2)CC1. The molecule has 1 saturated carbocycles. The van der Waals surface area contributed by atoms with E-state index in [9.17, 15) is 4.79 Å². The number of nitrogens with zero attached hydrogens (tertiary/aromatic N) is 1. The Morgan fingerprint density at radius 3 is 2.80 bits per heavy atom. The van der Waals surface area contributed by atoms with E-state index in [1.807, 2.05) is 0 Å². The van der Waals surface area contributed by atoms with Crippen molar-refractivity contribution in [3.63, 3.8) is 0 Å². The van der Waals surface area contributed by atoms with Crippen molar-refractivity contribution in [2.24, 2.45) is 5.73 Å². The van der Waals surface area contributed by atoms with Crippen LogP contribution in [0.4, 0.5) is 0 Å². The van der Waals surface area contributed by atoms with Crippen molar-refractivity contribution in [2.45, 2.75) is 37.8 Å². The van der Waals surface area contributed by atoms with Gasteiger partial charge in [0.2, 0.25) is 0 Å². The summed E-state index contributed by atoms with van der Waals surface area (Å²) in [7, 11) is 0. The first-order valence-corrected chi connectivity index (χ1v) is 5.31. The summed E-state index contributed by atoms with van der Waals surface area (Å²) in [5, 5.41) is 2.95. The second-order valence-electron chi connectivity index (χ2n) is 4.02. The molecule has 5 heteroatoms. The predicted octanol–water partition coefficient (Wildman–Crippen LogP) is 0.409. The van der Waals surface area contributed by atoms with Crippen molar-refractivity contribution in [2.75, 3.05) is 0 Å². The normalized spacial score (nSPS) is 26.2. The van der Waals surface area contributed by atoms with Crippen LogP contribution in [0, 0.1) is 0 Å². The van der Waals surface area contributed by atoms with Crippen molar-refractivity contribution < 1.29 is 4.79 Å². The maximum atomic E-state index is 11.6. The fraction of sp³-hybridized carbons (Fsp3) is 0.600. The first-order chi connectivity index (χ1) is 7.25. The van der Waals surface area contributed by atoms with E-state index in [0.29, 0.717) is 11.9 Å². The van der Waals surface area contributed by atoms with Crippen LogP contribution in [-0.4, -0.2) is 28.0 Å². The quantitative estimate of drug-likeness (QED) is 0.658. The zero-order valence-corrected chi connectivity index (χ0v) is 8.57. The zero-order chi connectivity index (χ0) is 10.7. The molecule has 0 unspecified atom stereocenters. The molecule has 2 rings (SSSR count). The summed E-state index contributed by atoms with van der Waals surface area (Å²) in [6.07, 6.45) is 7.13. The Morgan fingerprint density at radius 2 is 2.20 bits per heavy atom. The summed E-state index contributed by atoms with van der Waals surface area (Å²) in [6, 6.07) is 0.559. The summed E-state index contributed by atoms with van der Waals surface area (Å²) in [5.74, 6) is 0.255. The Bertz CT molecular complexity index is 314. The van der Waals surface area contributed by atoms with Crippen molar-refractivity contribution in [3.05, 3.63) is 18.2 Å². The van der Waals surface area contributed by atoms with Gasteiger partial charge in [-0.05, 0) is 25.7 Å². The van der Waals surface area contributed by atoms with Gasteiger partial charge in [-0.1, -0.05) is 0 Å². The van der Waals surface area contributed by atoms with Crippen LogP contribution in [0.15, 0.2) is 12.4 Å². The molecule has 1 heterocycles. The lowest BCUT2D eigenvalue weighted by molar-refractivity contribution is 0.0916. The molecule has 1 aliphatic rings. The maximum absolute atomic E-state index is 11.6. The second kappa shape index (κ2) is 4.44. The Balaban J connectivity index is 1.85. The maximum Gasteiger partial charge on any atom is 0.287 e. The van der Waals surface area contributed by atoms with Gasteiger partial charge in [-0.2, -0.15) is 0 Å². The minimum absolute atomic E-state index is 0.125. The average molecular weight is 208 g/mol. The van der Waals surface area contributed by atoms with Gasteiger partial charge in [-0.25, -0.2) is 4.98 Å². The molecule has 1 aliphatic carbocycles. The first-order valence-electron chi connectivity index (χ1n) is 5.31. The topological polar surface area (TPSA) is 83.8 Å². The van der Waals surface area contributed by atoms with Gasteiger partial charge in [-0.15, -0.1) is 0 Å². The van der Waals surface area contributed by atoms with Crippen molar-refractivity contribution in [1.82, 2.24) is 15.3 Å². The summed E-state index contributed by atoms with van der Waals surface area (Å²) in [4.78, 5) is 18.3. The molecule has 1 amide bonds. The fourth-order valence-corrected chi connectivity index (χ4v) is 1.91. The van der Waals surface area contributed by atoms with Gasteiger partial charge in [0.1, 0.15) is 0 Å². The summed E-state index contributed by atoms with van der Waals surface area (Å²) in [6.45, 7) is 0. The minimum Gasteiger partial charge on any atom is -0.347 e. The van der Waals surface area contributed by atoms with E-state index in [1.165, 1.54) is 0 Å². The number of aromatic amines is 1. The molecule has 1 aromatic rings. The number of imidazole rings is 1. The van der Waals surface area contributed by atoms with Gasteiger partial charge < -0.3 is 16.0 Å². The number of hydrogen-bond donors (Lipinski definition) is 3. The highest BCUT2D eigenvalue weighted by molar-refractivity contribution is 5.90. The Morgan fingerprint density at radius 1 is 1.47 bits per heavy atom. The van der Waals surface area contributed by atoms with Crippen molar-refractivity contribution in [3.8, 4) is 0 Å². The van der Waals surface area contributed by atoms with Crippen LogP contribution in [0.2, 0.25) is 0 Å². The van der Waals surface area contributed by atoms with E-state index in [1.54, 1.807) is 12.4 Å². The van der Waals surface area contributed by atoms with Gasteiger partial charge >= 0.3 is 0 Å². The number of aromatic nitrogens is 2. The second-order valence-corrected chi connectivity index (χ2v) is 4.02. The van der Waals surface area contributed by atoms with Gasteiger partial charge in [0.25, 0.3) is 5.91 Å². The molecule has 0 spiro atoms. The Hall–Kier alpha value is -1.36. The highest BCUT2D eigenvalue weighted by atomic mass is 16.2. The number of carbonyl (C=O) groups is 1. The summed E-state index contributed by atoms with van der Waals surface area (Å²) in [5.41, 5.74) is 5.79. The predicted molar refractivity (Wildman–Crippen MR) is 56.3 cm³/mol. The van der Waals surface area contributed by atoms with Crippen molar-refractivity contribution >= 4 is 5.91 Å². The monoisotopic (exact) mass is 208 g/mol. The summed E-state index contributed by atoms with van der Waals surface area (Å²) >= 11 is 0. The smallest absolute Gasteiger partial charge is 0.287 e. The number of rotatable bonds is 2. The zero-order valence-electron chi connectivity index (χ0n) is 8.57. The molecule has 0 radical (unpaired) electrons. The van der Waals surface area contributed by atoms with E-state index in [-0.39, 0.29) is 11.9 Å².